The number of nitrogens with one attached hydrogen (secondary N) is 1. The van der Waals surface area contributed by atoms with Gasteiger partial charge in [0.25, 0.3) is 0 Å². The Labute approximate surface area is 98.3 Å². The van der Waals surface area contributed by atoms with Crippen molar-refractivity contribution in [1.82, 2.24) is 5.32 Å². The van der Waals surface area contributed by atoms with Crippen molar-refractivity contribution < 1.29 is 0 Å². The van der Waals surface area contributed by atoms with Crippen molar-refractivity contribution >= 4 is 0 Å². The second-order valence-electron chi connectivity index (χ2n) is 5.65. The number of hydrogen-bond donors (Lipinski definition) is 1. The molecular formula is C15H21N. The van der Waals surface area contributed by atoms with Crippen LogP contribution < -0.4 is 5.32 Å². The monoisotopic (exact) mass is 215 g/mol. The Morgan fingerprint density at radius 3 is 2.75 bits per heavy atom. The quantitative estimate of drug-likeness (QED) is 0.815. The first-order chi connectivity index (χ1) is 7.75. The molecule has 86 valence electrons. The van der Waals surface area contributed by atoms with Gasteiger partial charge in [-0.15, -0.1) is 0 Å². The van der Waals surface area contributed by atoms with Gasteiger partial charge in [0.1, 0.15) is 0 Å². The third kappa shape index (κ3) is 1.78. The van der Waals surface area contributed by atoms with Crippen LogP contribution in [0.4, 0.5) is 0 Å². The molecule has 0 spiro atoms. The molecule has 1 nitrogen and oxygen atoms in total. The highest BCUT2D eigenvalue weighted by Crippen LogP contribution is 2.39. The maximum absolute atomic E-state index is 3.85. The summed E-state index contributed by atoms with van der Waals surface area (Å²) in [5, 5.41) is 3.85. The molecule has 2 aliphatic rings. The molecule has 0 radical (unpaired) electrons. The molecule has 3 unspecified atom stereocenters. The highest BCUT2D eigenvalue weighted by molar-refractivity contribution is 5.35. The van der Waals surface area contributed by atoms with Gasteiger partial charge in [0.05, 0.1) is 0 Å². The molecule has 1 fully saturated rings. The van der Waals surface area contributed by atoms with E-state index >= 15 is 0 Å². The van der Waals surface area contributed by atoms with Crippen molar-refractivity contribution in [2.45, 2.75) is 45.2 Å². The van der Waals surface area contributed by atoms with Crippen molar-refractivity contribution in [3.63, 3.8) is 0 Å². The lowest BCUT2D eigenvalue weighted by Crippen LogP contribution is -2.33. The Balaban J connectivity index is 1.78. The van der Waals surface area contributed by atoms with Gasteiger partial charge in [-0.25, -0.2) is 0 Å². The SMILES string of the molecule is CC1Cc2ccccc2C1NC(C)C1CC1. The molecule has 1 N–H and O–H groups in total. The summed E-state index contributed by atoms with van der Waals surface area (Å²) in [6.45, 7) is 4.72. The Hall–Kier alpha value is -0.820. The van der Waals surface area contributed by atoms with E-state index < -0.39 is 0 Å². The maximum atomic E-state index is 3.85. The topological polar surface area (TPSA) is 12.0 Å². The lowest BCUT2D eigenvalue weighted by molar-refractivity contribution is 0.356. The van der Waals surface area contributed by atoms with Gasteiger partial charge >= 0.3 is 0 Å². The third-order valence-electron chi connectivity index (χ3n) is 4.27. The predicted octanol–water partition coefficient (Wildman–Crippen LogP) is 3.31. The van der Waals surface area contributed by atoms with Gasteiger partial charge in [0.15, 0.2) is 0 Å². The predicted molar refractivity (Wildman–Crippen MR) is 67.4 cm³/mol. The third-order valence-corrected chi connectivity index (χ3v) is 4.27. The van der Waals surface area contributed by atoms with E-state index in [0.717, 1.165) is 11.8 Å². The molecule has 16 heavy (non-hydrogen) atoms. The number of fused-ring (bicyclic) bond motifs is 1. The highest BCUT2D eigenvalue weighted by Gasteiger charge is 2.34. The van der Waals surface area contributed by atoms with E-state index in [9.17, 15) is 0 Å². The summed E-state index contributed by atoms with van der Waals surface area (Å²) in [4.78, 5) is 0. The molecule has 1 aromatic carbocycles. The molecule has 0 bridgehead atoms. The van der Waals surface area contributed by atoms with E-state index in [1.807, 2.05) is 0 Å². The van der Waals surface area contributed by atoms with Gasteiger partial charge in [-0.2, -0.15) is 0 Å². The highest BCUT2D eigenvalue weighted by atomic mass is 15.0. The Morgan fingerprint density at radius 2 is 2.00 bits per heavy atom. The van der Waals surface area contributed by atoms with Crippen LogP contribution in [0.1, 0.15) is 43.9 Å². The minimum absolute atomic E-state index is 0.590. The Morgan fingerprint density at radius 1 is 1.25 bits per heavy atom. The molecule has 1 aromatic rings. The second kappa shape index (κ2) is 3.89. The van der Waals surface area contributed by atoms with Gasteiger partial charge in [0, 0.05) is 12.1 Å². The molecule has 1 saturated carbocycles. The normalized spacial score (nSPS) is 30.1. The average molecular weight is 215 g/mol. The van der Waals surface area contributed by atoms with Crippen LogP contribution in [0.3, 0.4) is 0 Å². The lowest BCUT2D eigenvalue weighted by Gasteiger charge is -2.23. The van der Waals surface area contributed by atoms with Crippen LogP contribution in [0.25, 0.3) is 0 Å². The smallest absolute Gasteiger partial charge is 0.0354 e. The van der Waals surface area contributed by atoms with Crippen LogP contribution in [0.15, 0.2) is 24.3 Å². The average Bonchev–Trinajstić information content (AvgIpc) is 3.06. The second-order valence-corrected chi connectivity index (χ2v) is 5.65. The standard InChI is InChI=1S/C15H21N/c1-10-9-13-5-3-4-6-14(13)15(10)16-11(2)12-7-8-12/h3-6,10-12,15-16H,7-9H2,1-2H3. The van der Waals surface area contributed by atoms with E-state index in [1.165, 1.54) is 19.3 Å². The summed E-state index contributed by atoms with van der Waals surface area (Å²) in [7, 11) is 0. The van der Waals surface area contributed by atoms with Gasteiger partial charge in [-0.3, -0.25) is 0 Å². The molecule has 1 heteroatoms. The van der Waals surface area contributed by atoms with Crippen LogP contribution in [-0.4, -0.2) is 6.04 Å². The summed E-state index contributed by atoms with van der Waals surface area (Å²) >= 11 is 0. The van der Waals surface area contributed by atoms with Crippen LogP contribution in [0.5, 0.6) is 0 Å². The van der Waals surface area contributed by atoms with Gasteiger partial charge in [0.2, 0.25) is 0 Å². The van der Waals surface area contributed by atoms with E-state index in [4.69, 9.17) is 0 Å². The van der Waals surface area contributed by atoms with Gasteiger partial charge < -0.3 is 5.32 Å². The summed E-state index contributed by atoms with van der Waals surface area (Å²) in [6.07, 6.45) is 4.10. The largest absolute Gasteiger partial charge is 0.307 e. The zero-order valence-electron chi connectivity index (χ0n) is 10.2. The summed E-state index contributed by atoms with van der Waals surface area (Å²) in [6, 6.07) is 10.2. The summed E-state index contributed by atoms with van der Waals surface area (Å²) in [5.74, 6) is 1.69. The van der Waals surface area contributed by atoms with Crippen molar-refractivity contribution in [2.75, 3.05) is 0 Å². The lowest BCUT2D eigenvalue weighted by atomic mass is 10.0. The van der Waals surface area contributed by atoms with E-state index in [1.54, 1.807) is 11.1 Å². The minimum atomic E-state index is 0.590. The van der Waals surface area contributed by atoms with Crippen LogP contribution in [0.2, 0.25) is 0 Å². The van der Waals surface area contributed by atoms with E-state index in [2.05, 4.69) is 43.4 Å². The van der Waals surface area contributed by atoms with Crippen LogP contribution in [0, 0.1) is 11.8 Å². The Kier molecular flexibility index (Phi) is 2.51. The van der Waals surface area contributed by atoms with Gasteiger partial charge in [-0.1, -0.05) is 31.2 Å². The fraction of sp³-hybridized carbons (Fsp3) is 0.600. The maximum Gasteiger partial charge on any atom is 0.0354 e. The molecular weight excluding hydrogens is 194 g/mol. The molecule has 0 saturated heterocycles. The molecule has 3 rings (SSSR count). The summed E-state index contributed by atoms with van der Waals surface area (Å²) < 4.78 is 0. The Bertz CT molecular complexity index is 381. The molecule has 2 aliphatic carbocycles. The number of hydrogen-bond acceptors (Lipinski definition) is 1. The molecule has 3 atom stereocenters. The zero-order chi connectivity index (χ0) is 11.1. The number of benzene rings is 1. The zero-order valence-corrected chi connectivity index (χ0v) is 10.2. The van der Waals surface area contributed by atoms with Crippen molar-refractivity contribution in [3.05, 3.63) is 35.4 Å². The molecule has 0 heterocycles. The first-order valence-electron chi connectivity index (χ1n) is 6.59. The molecule has 0 aromatic heterocycles. The first kappa shape index (κ1) is 10.3. The number of rotatable bonds is 3. The van der Waals surface area contributed by atoms with E-state index in [-0.39, 0.29) is 0 Å². The minimum Gasteiger partial charge on any atom is -0.307 e. The fourth-order valence-electron chi connectivity index (χ4n) is 3.06. The van der Waals surface area contributed by atoms with Crippen molar-refractivity contribution in [2.24, 2.45) is 11.8 Å². The molecule has 0 aliphatic heterocycles. The van der Waals surface area contributed by atoms with Crippen molar-refractivity contribution in [3.8, 4) is 0 Å². The van der Waals surface area contributed by atoms with Crippen molar-refractivity contribution in [1.29, 1.82) is 0 Å². The van der Waals surface area contributed by atoms with Gasteiger partial charge in [-0.05, 0) is 49.1 Å². The summed E-state index contributed by atoms with van der Waals surface area (Å²) in [5.41, 5.74) is 3.10. The van der Waals surface area contributed by atoms with E-state index in [0.29, 0.717) is 12.1 Å². The molecule has 0 amide bonds. The fourth-order valence-corrected chi connectivity index (χ4v) is 3.06. The first-order valence-corrected chi connectivity index (χ1v) is 6.59. The van der Waals surface area contributed by atoms with Crippen LogP contribution >= 0.6 is 0 Å². The van der Waals surface area contributed by atoms with Crippen LogP contribution in [-0.2, 0) is 6.42 Å².